The van der Waals surface area contributed by atoms with E-state index in [0.29, 0.717) is 0 Å². The molecule has 0 amide bonds. The molecule has 0 unspecified atom stereocenters. The molecule has 41 heavy (non-hydrogen) atoms. The quantitative estimate of drug-likeness (QED) is 0.0761. The minimum absolute atomic E-state index is 0.777. The Morgan fingerprint density at radius 3 is 1.90 bits per heavy atom. The summed E-state index contributed by atoms with van der Waals surface area (Å²) in [6.07, 6.45) is 8.00. The molecular formula is C34H34N7+. The molecular weight excluding hydrogens is 506 g/mol. The van der Waals surface area contributed by atoms with Crippen molar-refractivity contribution in [1.29, 1.82) is 0 Å². The van der Waals surface area contributed by atoms with Crippen LogP contribution in [0, 0.1) is 0 Å². The number of aromatic nitrogens is 2. The van der Waals surface area contributed by atoms with Crippen LogP contribution in [0.1, 0.15) is 23.6 Å². The minimum atomic E-state index is 0.777. The van der Waals surface area contributed by atoms with Crippen LogP contribution in [0.3, 0.4) is 0 Å². The van der Waals surface area contributed by atoms with Gasteiger partial charge < -0.3 is 4.90 Å². The first kappa shape index (κ1) is 27.4. The Morgan fingerprint density at radius 1 is 0.780 bits per heavy atom. The van der Waals surface area contributed by atoms with Crippen molar-refractivity contribution in [2.45, 2.75) is 13.5 Å². The largest absolute Gasteiger partial charge is 0.368 e. The summed E-state index contributed by atoms with van der Waals surface area (Å²) in [5, 5.41) is 17.8. The van der Waals surface area contributed by atoms with E-state index in [1.807, 2.05) is 104 Å². The van der Waals surface area contributed by atoms with E-state index in [2.05, 4.69) is 72.2 Å². The summed E-state index contributed by atoms with van der Waals surface area (Å²) in [7, 11) is 2.04. The number of anilines is 1. The number of imidazole rings is 1. The van der Waals surface area contributed by atoms with Gasteiger partial charge in [-0.25, -0.2) is 9.13 Å². The first-order valence-corrected chi connectivity index (χ1v) is 13.8. The summed E-state index contributed by atoms with van der Waals surface area (Å²) in [6, 6.07) is 36.2. The Hall–Kier alpha value is -5.17. The van der Waals surface area contributed by atoms with Crippen LogP contribution < -0.4 is 9.47 Å². The van der Waals surface area contributed by atoms with Gasteiger partial charge in [-0.05, 0) is 48.9 Å². The van der Waals surface area contributed by atoms with E-state index in [-0.39, 0.29) is 0 Å². The number of azo groups is 1. The maximum absolute atomic E-state index is 4.55. The fourth-order valence-corrected chi connectivity index (χ4v) is 4.44. The summed E-state index contributed by atoms with van der Waals surface area (Å²) >= 11 is 0. The molecule has 0 spiro atoms. The second-order valence-corrected chi connectivity index (χ2v) is 9.63. The van der Waals surface area contributed by atoms with Crippen LogP contribution in [0.15, 0.2) is 148 Å². The zero-order valence-electron chi connectivity index (χ0n) is 23.5. The molecule has 0 N–H and O–H groups in total. The fourth-order valence-electron chi connectivity index (χ4n) is 4.44. The number of aryl methyl sites for hydroxylation is 1. The van der Waals surface area contributed by atoms with Crippen molar-refractivity contribution in [3.8, 4) is 0 Å². The van der Waals surface area contributed by atoms with Crippen molar-refractivity contribution >= 4 is 29.0 Å². The highest BCUT2D eigenvalue weighted by Gasteiger charge is 2.08. The van der Waals surface area contributed by atoms with E-state index in [4.69, 9.17) is 0 Å². The van der Waals surface area contributed by atoms with E-state index < -0.39 is 0 Å². The van der Waals surface area contributed by atoms with Crippen LogP contribution >= 0.6 is 0 Å². The standard InChI is InChI=1S/C34H34N7/c1-3-41(25-24-40-23-22-39(2)27-40)33-20-18-32(19-21-33)37-36-31-16-14-28(15-17-31)26-35-38-34(29-10-6-4-7-11-29)30-12-8-5-9-13-30/h4-23,26-27H,3,24-25H2,1-2H3/q+1. The Balaban J connectivity index is 1.20. The van der Waals surface area contributed by atoms with Crippen LogP contribution in [0.25, 0.3) is 0 Å². The molecule has 1 heterocycles. The van der Waals surface area contributed by atoms with Gasteiger partial charge in [0.2, 0.25) is 6.33 Å². The van der Waals surface area contributed by atoms with Gasteiger partial charge in [0, 0.05) is 23.4 Å². The highest BCUT2D eigenvalue weighted by Crippen LogP contribution is 2.22. The Labute approximate surface area is 241 Å². The molecule has 0 aliphatic rings. The molecule has 0 bridgehead atoms. The highest BCUT2D eigenvalue weighted by molar-refractivity contribution is 6.12. The number of hydrogen-bond donors (Lipinski definition) is 0. The molecule has 4 aromatic carbocycles. The molecule has 7 heteroatoms. The molecule has 5 rings (SSSR count). The zero-order valence-corrected chi connectivity index (χ0v) is 23.5. The summed E-state index contributed by atoms with van der Waals surface area (Å²) in [6.45, 7) is 4.99. The second kappa shape index (κ2) is 13.8. The molecule has 0 aliphatic heterocycles. The number of benzene rings is 4. The average molecular weight is 541 g/mol. The summed E-state index contributed by atoms with van der Waals surface area (Å²) in [4.78, 5) is 2.36. The van der Waals surface area contributed by atoms with E-state index in [9.17, 15) is 0 Å². The highest BCUT2D eigenvalue weighted by atomic mass is 15.2. The van der Waals surface area contributed by atoms with Crippen LogP contribution in [0.2, 0.25) is 0 Å². The molecule has 0 saturated heterocycles. The van der Waals surface area contributed by atoms with Crippen molar-refractivity contribution in [2.75, 3.05) is 18.0 Å². The van der Waals surface area contributed by atoms with Gasteiger partial charge in [-0.3, -0.25) is 0 Å². The Kier molecular flexibility index (Phi) is 9.19. The molecule has 0 fully saturated rings. The Bertz CT molecular complexity index is 1560. The predicted molar refractivity (Wildman–Crippen MR) is 167 cm³/mol. The number of nitrogens with zero attached hydrogens (tertiary/aromatic N) is 7. The summed E-state index contributed by atoms with van der Waals surface area (Å²) in [5.74, 6) is 0. The van der Waals surface area contributed by atoms with Gasteiger partial charge in [0.1, 0.15) is 24.7 Å². The maximum atomic E-state index is 4.55. The summed E-state index contributed by atoms with van der Waals surface area (Å²) < 4.78 is 4.25. The van der Waals surface area contributed by atoms with E-state index in [0.717, 1.165) is 53.4 Å². The van der Waals surface area contributed by atoms with Gasteiger partial charge in [0.15, 0.2) is 0 Å². The SMILES string of the molecule is CCN(CC[n+]1ccn(C)c1)c1ccc(N=Nc2ccc(C=NN=C(c3ccccc3)c3ccccc3)cc2)cc1. The molecule has 0 radical (unpaired) electrons. The molecule has 204 valence electrons. The third-order valence-corrected chi connectivity index (χ3v) is 6.68. The number of likely N-dealkylation sites (N-methyl/N-ethyl adjacent to an activating group) is 1. The van der Waals surface area contributed by atoms with Crippen molar-refractivity contribution in [3.05, 3.63) is 145 Å². The first-order chi connectivity index (χ1) is 20.2. The van der Waals surface area contributed by atoms with Gasteiger partial charge in [0.25, 0.3) is 0 Å². The third kappa shape index (κ3) is 7.70. The number of hydrogen-bond acceptors (Lipinski definition) is 5. The lowest BCUT2D eigenvalue weighted by Gasteiger charge is -2.22. The van der Waals surface area contributed by atoms with Crippen molar-refractivity contribution in [1.82, 2.24) is 4.57 Å². The van der Waals surface area contributed by atoms with Crippen molar-refractivity contribution in [2.24, 2.45) is 27.5 Å². The van der Waals surface area contributed by atoms with Gasteiger partial charge in [0.05, 0.1) is 31.2 Å². The average Bonchev–Trinajstić information content (AvgIpc) is 3.45. The normalized spacial score (nSPS) is 11.3. The molecule has 0 atom stereocenters. The molecule has 0 saturated carbocycles. The minimum Gasteiger partial charge on any atom is -0.368 e. The van der Waals surface area contributed by atoms with Gasteiger partial charge in [-0.15, -0.1) is 5.10 Å². The predicted octanol–water partition coefficient (Wildman–Crippen LogP) is 7.13. The molecule has 7 nitrogen and oxygen atoms in total. The van der Waals surface area contributed by atoms with Gasteiger partial charge in [-0.1, -0.05) is 72.8 Å². The maximum Gasteiger partial charge on any atom is 0.243 e. The van der Waals surface area contributed by atoms with Crippen LogP contribution in [-0.4, -0.2) is 29.6 Å². The van der Waals surface area contributed by atoms with E-state index >= 15 is 0 Å². The molecule has 0 aliphatic carbocycles. The zero-order chi connectivity index (χ0) is 28.3. The van der Waals surface area contributed by atoms with Crippen LogP contribution in [0.4, 0.5) is 17.1 Å². The topological polar surface area (TPSA) is 61.5 Å². The molecule has 1 aromatic heterocycles. The Morgan fingerprint density at radius 2 is 1.37 bits per heavy atom. The van der Waals surface area contributed by atoms with Crippen molar-refractivity contribution in [3.63, 3.8) is 0 Å². The fraction of sp³-hybridized carbons (Fsp3) is 0.147. The third-order valence-electron chi connectivity index (χ3n) is 6.68. The van der Waals surface area contributed by atoms with Crippen LogP contribution in [0.5, 0.6) is 0 Å². The number of rotatable bonds is 11. The monoisotopic (exact) mass is 540 g/mol. The van der Waals surface area contributed by atoms with Gasteiger partial charge >= 0.3 is 0 Å². The lowest BCUT2D eigenvalue weighted by atomic mass is 10.0. The molecule has 5 aromatic rings. The second-order valence-electron chi connectivity index (χ2n) is 9.63. The lowest BCUT2D eigenvalue weighted by molar-refractivity contribution is -0.693. The van der Waals surface area contributed by atoms with E-state index in [1.54, 1.807) is 6.21 Å². The first-order valence-electron chi connectivity index (χ1n) is 13.8. The van der Waals surface area contributed by atoms with Crippen LogP contribution in [-0.2, 0) is 13.6 Å². The van der Waals surface area contributed by atoms with Crippen molar-refractivity contribution < 1.29 is 4.57 Å². The smallest absolute Gasteiger partial charge is 0.243 e. The van der Waals surface area contributed by atoms with E-state index in [1.165, 1.54) is 5.69 Å². The van der Waals surface area contributed by atoms with Gasteiger partial charge in [-0.2, -0.15) is 15.3 Å². The summed E-state index contributed by atoms with van der Waals surface area (Å²) in [5.41, 5.74) is 6.58. The lowest BCUT2D eigenvalue weighted by Crippen LogP contribution is -2.39.